The van der Waals surface area contributed by atoms with Crippen molar-refractivity contribution in [3.8, 4) is 0 Å². The van der Waals surface area contributed by atoms with Gasteiger partial charge < -0.3 is 5.32 Å². The van der Waals surface area contributed by atoms with Crippen LogP contribution >= 0.6 is 0 Å². The molecule has 29 heavy (non-hydrogen) atoms. The van der Waals surface area contributed by atoms with E-state index in [1.165, 1.54) is 44.3 Å². The second-order valence-electron chi connectivity index (χ2n) is 7.79. The lowest BCUT2D eigenvalue weighted by molar-refractivity contribution is 0.0951. The smallest absolute Gasteiger partial charge is 0.251 e. The number of hydrazine groups is 3. The van der Waals surface area contributed by atoms with Gasteiger partial charge in [0.15, 0.2) is 0 Å². The highest BCUT2D eigenvalue weighted by atomic mass is 16.1. The minimum absolute atomic E-state index is 0.0287. The van der Waals surface area contributed by atoms with Gasteiger partial charge in [0.05, 0.1) is 0 Å². The third-order valence-corrected chi connectivity index (χ3v) is 5.55. The molecule has 2 heterocycles. The van der Waals surface area contributed by atoms with Crippen molar-refractivity contribution in [2.75, 3.05) is 13.1 Å². The maximum absolute atomic E-state index is 12.5. The standard InChI is InChI=1S/C22H30N6O/c29-22(20-10-8-19(9-11-20)21-24-26-27-25-21)23-15-17-6-5-7-18(14-17)16-28-12-3-1-2-4-13-28/h5-11,14,21,24-27H,1-4,12-13,15-16H2,(H,23,29). The molecule has 0 radical (unpaired) electrons. The number of likely N-dealkylation sites (tertiary alicyclic amines) is 1. The maximum Gasteiger partial charge on any atom is 0.251 e. The molecule has 0 unspecified atom stereocenters. The fourth-order valence-electron chi connectivity index (χ4n) is 3.92. The number of benzene rings is 2. The highest BCUT2D eigenvalue weighted by Crippen LogP contribution is 2.15. The molecule has 2 aromatic rings. The lowest BCUT2D eigenvalue weighted by Crippen LogP contribution is -2.33. The van der Waals surface area contributed by atoms with Crippen LogP contribution in [0.3, 0.4) is 0 Å². The molecule has 7 heteroatoms. The van der Waals surface area contributed by atoms with Crippen LogP contribution < -0.4 is 27.2 Å². The van der Waals surface area contributed by atoms with Crippen molar-refractivity contribution >= 4 is 5.91 Å². The molecular formula is C22H30N6O. The number of hydrogen-bond donors (Lipinski definition) is 5. The molecule has 4 rings (SSSR count). The van der Waals surface area contributed by atoms with E-state index in [0.717, 1.165) is 17.7 Å². The van der Waals surface area contributed by atoms with Crippen LogP contribution in [-0.4, -0.2) is 23.9 Å². The van der Waals surface area contributed by atoms with Crippen LogP contribution in [0.15, 0.2) is 48.5 Å². The maximum atomic E-state index is 12.5. The van der Waals surface area contributed by atoms with Crippen molar-refractivity contribution in [3.05, 3.63) is 70.8 Å². The Hall–Kier alpha value is -2.29. The van der Waals surface area contributed by atoms with Crippen molar-refractivity contribution in [2.24, 2.45) is 0 Å². The van der Waals surface area contributed by atoms with Crippen molar-refractivity contribution in [1.82, 2.24) is 32.1 Å². The molecule has 154 valence electrons. The van der Waals surface area contributed by atoms with Gasteiger partial charge in [-0.15, -0.1) is 0 Å². The van der Waals surface area contributed by atoms with E-state index in [0.29, 0.717) is 12.1 Å². The molecule has 7 nitrogen and oxygen atoms in total. The third-order valence-electron chi connectivity index (χ3n) is 5.55. The van der Waals surface area contributed by atoms with Crippen LogP contribution in [0.5, 0.6) is 0 Å². The summed E-state index contributed by atoms with van der Waals surface area (Å²) in [6.07, 6.45) is 5.28. The number of carbonyl (C=O) groups is 1. The fraction of sp³-hybridized carbons (Fsp3) is 0.409. The highest BCUT2D eigenvalue weighted by Gasteiger charge is 2.15. The van der Waals surface area contributed by atoms with Gasteiger partial charge >= 0.3 is 0 Å². The van der Waals surface area contributed by atoms with Gasteiger partial charge in [-0.1, -0.05) is 49.2 Å². The van der Waals surface area contributed by atoms with E-state index in [4.69, 9.17) is 0 Å². The Morgan fingerprint density at radius 1 is 0.931 bits per heavy atom. The molecule has 2 fully saturated rings. The molecule has 0 atom stereocenters. The lowest BCUT2D eigenvalue weighted by atomic mass is 10.1. The SMILES string of the molecule is O=C(NCc1cccc(CN2CCCCCC2)c1)c1ccc(C2NNNN2)cc1. The average Bonchev–Trinajstić information content (AvgIpc) is 3.18. The Balaban J connectivity index is 1.30. The molecule has 0 bridgehead atoms. The summed E-state index contributed by atoms with van der Waals surface area (Å²) in [4.78, 5) is 15.1. The first-order chi connectivity index (χ1) is 14.3. The Kier molecular flexibility index (Phi) is 6.87. The molecule has 0 saturated carbocycles. The summed E-state index contributed by atoms with van der Waals surface area (Å²) in [7, 11) is 0. The number of nitrogens with zero attached hydrogens (tertiary/aromatic N) is 1. The summed E-state index contributed by atoms with van der Waals surface area (Å²) >= 11 is 0. The zero-order valence-electron chi connectivity index (χ0n) is 16.7. The Bertz CT molecular complexity index is 795. The van der Waals surface area contributed by atoms with Gasteiger partial charge in [-0.3, -0.25) is 9.69 Å². The Morgan fingerprint density at radius 3 is 2.34 bits per heavy atom. The summed E-state index contributed by atoms with van der Waals surface area (Å²) in [5.41, 5.74) is 15.8. The van der Waals surface area contributed by atoms with Crippen LogP contribution in [0.2, 0.25) is 0 Å². The van der Waals surface area contributed by atoms with Crippen molar-refractivity contribution < 1.29 is 4.79 Å². The van der Waals surface area contributed by atoms with Gasteiger partial charge in [0.2, 0.25) is 0 Å². The van der Waals surface area contributed by atoms with E-state index in [2.05, 4.69) is 56.4 Å². The number of rotatable bonds is 6. The first-order valence-corrected chi connectivity index (χ1v) is 10.5. The van der Waals surface area contributed by atoms with Gasteiger partial charge in [0.25, 0.3) is 5.91 Å². The zero-order chi connectivity index (χ0) is 19.9. The van der Waals surface area contributed by atoms with E-state index in [9.17, 15) is 4.79 Å². The Labute approximate surface area is 172 Å². The summed E-state index contributed by atoms with van der Waals surface area (Å²) in [6, 6.07) is 16.1. The molecule has 0 aromatic heterocycles. The van der Waals surface area contributed by atoms with Crippen molar-refractivity contribution in [1.29, 1.82) is 0 Å². The second kappa shape index (κ2) is 9.96. The van der Waals surface area contributed by atoms with Crippen LogP contribution in [0.25, 0.3) is 0 Å². The van der Waals surface area contributed by atoms with Crippen molar-refractivity contribution in [3.63, 3.8) is 0 Å². The van der Waals surface area contributed by atoms with E-state index >= 15 is 0 Å². The monoisotopic (exact) mass is 394 g/mol. The van der Waals surface area contributed by atoms with Gasteiger partial charge in [0, 0.05) is 18.7 Å². The second-order valence-corrected chi connectivity index (χ2v) is 7.79. The van der Waals surface area contributed by atoms with Crippen LogP contribution in [0.1, 0.15) is 58.9 Å². The molecule has 2 saturated heterocycles. The average molecular weight is 395 g/mol. The zero-order valence-corrected chi connectivity index (χ0v) is 16.7. The van der Waals surface area contributed by atoms with E-state index in [1.807, 2.05) is 24.3 Å². The molecule has 2 aromatic carbocycles. The van der Waals surface area contributed by atoms with Gasteiger partial charge in [-0.25, -0.2) is 10.9 Å². The number of amides is 1. The quantitative estimate of drug-likeness (QED) is 0.516. The molecule has 5 N–H and O–H groups in total. The first-order valence-electron chi connectivity index (χ1n) is 10.5. The van der Waals surface area contributed by atoms with Crippen LogP contribution in [-0.2, 0) is 13.1 Å². The van der Waals surface area contributed by atoms with E-state index in [1.54, 1.807) is 0 Å². The first kappa shape index (κ1) is 20.0. The van der Waals surface area contributed by atoms with Gasteiger partial charge in [-0.2, -0.15) is 11.1 Å². The summed E-state index contributed by atoms with van der Waals surface area (Å²) < 4.78 is 0. The van der Waals surface area contributed by atoms with Crippen LogP contribution in [0, 0.1) is 0 Å². The minimum Gasteiger partial charge on any atom is -0.348 e. The lowest BCUT2D eigenvalue weighted by Gasteiger charge is -2.20. The predicted octanol–water partition coefficient (Wildman–Crippen LogP) is 2.11. The van der Waals surface area contributed by atoms with Crippen molar-refractivity contribution in [2.45, 2.75) is 44.9 Å². The van der Waals surface area contributed by atoms with Gasteiger partial charge in [0.1, 0.15) is 6.17 Å². The predicted molar refractivity (Wildman–Crippen MR) is 113 cm³/mol. The molecule has 2 aliphatic heterocycles. The van der Waals surface area contributed by atoms with E-state index < -0.39 is 0 Å². The fourth-order valence-corrected chi connectivity index (χ4v) is 3.92. The van der Waals surface area contributed by atoms with Crippen LogP contribution in [0.4, 0.5) is 0 Å². The minimum atomic E-state index is -0.0574. The van der Waals surface area contributed by atoms with E-state index in [-0.39, 0.29) is 12.1 Å². The Morgan fingerprint density at radius 2 is 1.62 bits per heavy atom. The number of hydrogen-bond acceptors (Lipinski definition) is 6. The summed E-state index contributed by atoms with van der Waals surface area (Å²) in [6.45, 7) is 3.91. The topological polar surface area (TPSA) is 80.5 Å². The summed E-state index contributed by atoms with van der Waals surface area (Å²) in [5.74, 6) is -0.0574. The molecule has 0 aliphatic carbocycles. The number of carbonyl (C=O) groups excluding carboxylic acids is 1. The van der Waals surface area contributed by atoms with Gasteiger partial charge in [-0.05, 0) is 54.8 Å². The number of nitrogens with one attached hydrogen (secondary N) is 5. The molecule has 0 spiro atoms. The third kappa shape index (κ3) is 5.62. The largest absolute Gasteiger partial charge is 0.348 e. The summed E-state index contributed by atoms with van der Waals surface area (Å²) in [5, 5.41) is 3.04. The molecular weight excluding hydrogens is 364 g/mol. The molecule has 2 aliphatic rings. The highest BCUT2D eigenvalue weighted by molar-refractivity contribution is 5.94. The molecule has 1 amide bonds. The normalized spacial score (nSPS) is 18.5.